The number of benzene rings is 1. The summed E-state index contributed by atoms with van der Waals surface area (Å²) in [6, 6.07) is 4.44. The Morgan fingerprint density at radius 3 is 2.68 bits per heavy atom. The third-order valence-corrected chi connectivity index (χ3v) is 4.70. The van der Waals surface area contributed by atoms with Crippen LogP contribution in [0.5, 0.6) is 0 Å². The van der Waals surface area contributed by atoms with Gasteiger partial charge < -0.3 is 15.0 Å². The lowest BCUT2D eigenvalue weighted by atomic mass is 10.3. The molecule has 0 spiro atoms. The number of hydrogen-bond donors (Lipinski definition) is 4. The van der Waals surface area contributed by atoms with Crippen molar-refractivity contribution in [2.24, 2.45) is 0 Å². The van der Waals surface area contributed by atoms with Crippen LogP contribution in [0.2, 0.25) is 0 Å². The smallest absolute Gasteiger partial charge is 0.323 e. The molecule has 0 amide bonds. The molecule has 3 rings (SSSR count). The molecule has 0 atom stereocenters. The number of nitrogens with one attached hydrogen (secondary N) is 4. The molecule has 3 aromatic rings. The van der Waals surface area contributed by atoms with Gasteiger partial charge in [0.05, 0.1) is 15.9 Å². The van der Waals surface area contributed by atoms with Crippen molar-refractivity contribution in [2.45, 2.75) is 18.2 Å². The minimum atomic E-state index is -3.63. The molecule has 116 valence electrons. The molecule has 22 heavy (non-hydrogen) atoms. The number of H-pyrrole nitrogens is 3. The Kier molecular flexibility index (Phi) is 3.59. The molecule has 0 fully saturated rings. The Balaban J connectivity index is 1.74. The standard InChI is InChI=1S/C13H15N5O3S/c1-8-14-7-9(16-8)4-5-15-22(20,21)10-2-3-11-12(6-10)18-13(19)17-11/h2-3,6-7,15H,4-5H2,1H3,(H,14,16)(H2,17,18,19). The van der Waals surface area contributed by atoms with E-state index in [4.69, 9.17) is 0 Å². The molecule has 0 saturated heterocycles. The topological polar surface area (TPSA) is 123 Å². The van der Waals surface area contributed by atoms with Crippen molar-refractivity contribution in [1.29, 1.82) is 0 Å². The first-order valence-corrected chi connectivity index (χ1v) is 8.14. The number of sulfonamides is 1. The first kappa shape index (κ1) is 14.5. The van der Waals surface area contributed by atoms with Crippen molar-refractivity contribution in [3.8, 4) is 0 Å². The zero-order valence-electron chi connectivity index (χ0n) is 11.8. The van der Waals surface area contributed by atoms with E-state index < -0.39 is 10.0 Å². The maximum absolute atomic E-state index is 12.2. The van der Waals surface area contributed by atoms with Gasteiger partial charge in [-0.3, -0.25) is 0 Å². The molecule has 9 heteroatoms. The number of nitrogens with zero attached hydrogens (tertiary/aromatic N) is 1. The normalized spacial score (nSPS) is 12.0. The van der Waals surface area contributed by atoms with Gasteiger partial charge in [-0.2, -0.15) is 0 Å². The van der Waals surface area contributed by atoms with Crippen LogP contribution in [0, 0.1) is 6.92 Å². The molecule has 2 heterocycles. The molecule has 0 unspecified atom stereocenters. The van der Waals surface area contributed by atoms with Gasteiger partial charge in [-0.1, -0.05) is 0 Å². The lowest BCUT2D eigenvalue weighted by molar-refractivity contribution is 0.581. The zero-order chi connectivity index (χ0) is 15.7. The first-order valence-electron chi connectivity index (χ1n) is 6.66. The average Bonchev–Trinajstić information content (AvgIpc) is 3.02. The predicted octanol–water partition coefficient (Wildman–Crippen LogP) is 0.409. The minimum Gasteiger partial charge on any atom is -0.346 e. The summed E-state index contributed by atoms with van der Waals surface area (Å²) in [5.74, 6) is 0.791. The van der Waals surface area contributed by atoms with Crippen molar-refractivity contribution in [2.75, 3.05) is 6.54 Å². The highest BCUT2D eigenvalue weighted by atomic mass is 32.2. The third-order valence-electron chi connectivity index (χ3n) is 3.24. The van der Waals surface area contributed by atoms with Crippen molar-refractivity contribution in [3.63, 3.8) is 0 Å². The van der Waals surface area contributed by atoms with Crippen molar-refractivity contribution >= 4 is 21.1 Å². The van der Waals surface area contributed by atoms with E-state index in [2.05, 4.69) is 24.7 Å². The molecule has 0 saturated carbocycles. The largest absolute Gasteiger partial charge is 0.346 e. The van der Waals surface area contributed by atoms with E-state index in [0.29, 0.717) is 17.5 Å². The highest BCUT2D eigenvalue weighted by Crippen LogP contribution is 2.14. The van der Waals surface area contributed by atoms with Gasteiger partial charge in [0.15, 0.2) is 0 Å². The molecule has 0 aliphatic carbocycles. The monoisotopic (exact) mass is 321 g/mol. The molecule has 8 nitrogen and oxygen atoms in total. The summed E-state index contributed by atoms with van der Waals surface area (Å²) >= 11 is 0. The Morgan fingerprint density at radius 1 is 1.18 bits per heavy atom. The van der Waals surface area contributed by atoms with Crippen molar-refractivity contribution in [1.82, 2.24) is 24.7 Å². The Bertz CT molecular complexity index is 967. The van der Waals surface area contributed by atoms with E-state index in [-0.39, 0.29) is 17.1 Å². The number of fused-ring (bicyclic) bond motifs is 1. The van der Waals surface area contributed by atoms with Crippen LogP contribution in [0.15, 0.2) is 34.1 Å². The number of rotatable bonds is 5. The first-order chi connectivity index (χ1) is 10.4. The summed E-state index contributed by atoms with van der Waals surface area (Å²) in [6.07, 6.45) is 2.20. The second kappa shape index (κ2) is 5.43. The second-order valence-corrected chi connectivity index (χ2v) is 6.70. The van der Waals surface area contributed by atoms with Gasteiger partial charge in [-0.15, -0.1) is 0 Å². The van der Waals surface area contributed by atoms with Gasteiger partial charge in [0.25, 0.3) is 0 Å². The maximum Gasteiger partial charge on any atom is 0.323 e. The number of aromatic nitrogens is 4. The Hall–Kier alpha value is -2.39. The average molecular weight is 321 g/mol. The molecule has 0 bridgehead atoms. The van der Waals surface area contributed by atoms with Crippen LogP contribution < -0.4 is 10.4 Å². The Labute approximate surface area is 126 Å². The molecular formula is C13H15N5O3S. The number of aromatic amines is 3. The molecular weight excluding hydrogens is 306 g/mol. The molecule has 1 aromatic carbocycles. The molecule has 2 aromatic heterocycles. The lowest BCUT2D eigenvalue weighted by Crippen LogP contribution is -2.26. The summed E-state index contributed by atoms with van der Waals surface area (Å²) in [5.41, 5.74) is 1.52. The van der Waals surface area contributed by atoms with Crippen LogP contribution in [0.3, 0.4) is 0 Å². The summed E-state index contributed by atoms with van der Waals surface area (Å²) in [6.45, 7) is 2.09. The van der Waals surface area contributed by atoms with Crippen LogP contribution in [-0.2, 0) is 16.4 Å². The van der Waals surface area contributed by atoms with Gasteiger partial charge in [0, 0.05) is 24.9 Å². The fourth-order valence-electron chi connectivity index (χ4n) is 2.18. The van der Waals surface area contributed by atoms with Crippen LogP contribution in [-0.4, -0.2) is 34.9 Å². The van der Waals surface area contributed by atoms with Crippen molar-refractivity contribution < 1.29 is 8.42 Å². The number of hydrogen-bond acceptors (Lipinski definition) is 4. The van der Waals surface area contributed by atoms with Gasteiger partial charge in [-0.25, -0.2) is 22.9 Å². The fraction of sp³-hybridized carbons (Fsp3) is 0.231. The third kappa shape index (κ3) is 2.95. The molecule has 0 aliphatic heterocycles. The quantitative estimate of drug-likeness (QED) is 0.543. The van der Waals surface area contributed by atoms with Gasteiger partial charge in [0.1, 0.15) is 5.82 Å². The lowest BCUT2D eigenvalue weighted by Gasteiger charge is -2.06. The van der Waals surface area contributed by atoms with Crippen LogP contribution in [0.4, 0.5) is 0 Å². The molecule has 4 N–H and O–H groups in total. The van der Waals surface area contributed by atoms with E-state index in [9.17, 15) is 13.2 Å². The number of imidazole rings is 2. The van der Waals surface area contributed by atoms with Crippen LogP contribution in [0.1, 0.15) is 11.5 Å². The summed E-state index contributed by atoms with van der Waals surface area (Å²) in [5, 5.41) is 0. The highest BCUT2D eigenvalue weighted by Gasteiger charge is 2.14. The molecule has 0 radical (unpaired) electrons. The number of aryl methyl sites for hydroxylation is 1. The maximum atomic E-state index is 12.2. The second-order valence-electron chi connectivity index (χ2n) is 4.93. The fourth-order valence-corrected chi connectivity index (χ4v) is 3.24. The van der Waals surface area contributed by atoms with E-state index in [1.54, 1.807) is 12.3 Å². The molecule has 0 aliphatic rings. The zero-order valence-corrected chi connectivity index (χ0v) is 12.6. The van der Waals surface area contributed by atoms with Gasteiger partial charge >= 0.3 is 5.69 Å². The summed E-state index contributed by atoms with van der Waals surface area (Å²) in [7, 11) is -3.63. The van der Waals surface area contributed by atoms with E-state index in [0.717, 1.165) is 11.5 Å². The minimum absolute atomic E-state index is 0.107. The van der Waals surface area contributed by atoms with Crippen molar-refractivity contribution in [3.05, 3.63) is 46.4 Å². The SMILES string of the molecule is Cc1ncc(CCNS(=O)(=O)c2ccc3[nH]c(=O)[nH]c3c2)[nH]1. The van der Waals surface area contributed by atoms with Gasteiger partial charge in [-0.05, 0) is 25.1 Å². The van der Waals surface area contributed by atoms with Gasteiger partial charge in [0.2, 0.25) is 10.0 Å². The van der Waals surface area contributed by atoms with E-state index in [1.165, 1.54) is 12.1 Å². The summed E-state index contributed by atoms with van der Waals surface area (Å²) in [4.78, 5) is 23.5. The highest BCUT2D eigenvalue weighted by molar-refractivity contribution is 7.89. The van der Waals surface area contributed by atoms with Crippen LogP contribution >= 0.6 is 0 Å². The van der Waals surface area contributed by atoms with Crippen LogP contribution in [0.25, 0.3) is 11.0 Å². The van der Waals surface area contributed by atoms with E-state index in [1.807, 2.05) is 6.92 Å². The predicted molar refractivity (Wildman–Crippen MR) is 81.1 cm³/mol. The Morgan fingerprint density at radius 2 is 1.95 bits per heavy atom. The van der Waals surface area contributed by atoms with E-state index >= 15 is 0 Å². The summed E-state index contributed by atoms with van der Waals surface area (Å²) < 4.78 is 27.0.